The van der Waals surface area contributed by atoms with E-state index in [1.54, 1.807) is 48.5 Å². The Bertz CT molecular complexity index is 886. The van der Waals surface area contributed by atoms with Crippen LogP contribution in [-0.4, -0.2) is 27.0 Å². The largest absolute Gasteiger partial charge is 0.493 e. The van der Waals surface area contributed by atoms with E-state index in [4.69, 9.17) is 10.5 Å². The highest BCUT2D eigenvalue weighted by Gasteiger charge is 2.16. The number of nitrogens with zero attached hydrogens (tertiary/aromatic N) is 1. The molecule has 2 aromatic carbocycles. The molecule has 0 saturated carbocycles. The van der Waals surface area contributed by atoms with Gasteiger partial charge in [-0.3, -0.25) is 4.79 Å². The number of amides is 1. The van der Waals surface area contributed by atoms with Crippen LogP contribution in [-0.2, 0) is 0 Å². The molecular formula is C17H13N3O4. The summed E-state index contributed by atoms with van der Waals surface area (Å²) in [6.45, 7) is 0. The Hall–Kier alpha value is -3.61. The molecule has 3 rings (SSSR count). The number of rotatable bonds is 4. The molecule has 24 heavy (non-hydrogen) atoms. The molecule has 4 N–H and O–H groups in total. The van der Waals surface area contributed by atoms with Crippen LogP contribution in [0.25, 0.3) is 11.4 Å². The number of esters is 1. The molecule has 7 heteroatoms. The molecule has 0 aliphatic rings. The zero-order chi connectivity index (χ0) is 17.1. The quantitative estimate of drug-likeness (QED) is 0.502. The van der Waals surface area contributed by atoms with E-state index in [1.807, 2.05) is 6.07 Å². The summed E-state index contributed by atoms with van der Waals surface area (Å²) in [5.74, 6) is -1.01. The number of carbonyl (C=O) groups is 2. The first kappa shape index (κ1) is 15.3. The summed E-state index contributed by atoms with van der Waals surface area (Å²) in [4.78, 5) is 29.6. The van der Waals surface area contributed by atoms with Crippen molar-refractivity contribution in [1.29, 1.82) is 0 Å². The van der Waals surface area contributed by atoms with Crippen molar-refractivity contribution in [1.82, 2.24) is 9.97 Å². The number of imidazole rings is 1. The van der Waals surface area contributed by atoms with Gasteiger partial charge in [-0.05, 0) is 24.3 Å². The second-order valence-corrected chi connectivity index (χ2v) is 4.93. The third-order valence-electron chi connectivity index (χ3n) is 3.27. The Morgan fingerprint density at radius 3 is 2.29 bits per heavy atom. The molecule has 0 radical (unpaired) electrons. The highest BCUT2D eigenvalue weighted by molar-refractivity contribution is 5.94. The van der Waals surface area contributed by atoms with E-state index in [0.717, 1.165) is 0 Å². The van der Waals surface area contributed by atoms with Crippen LogP contribution in [0.1, 0.15) is 20.8 Å². The van der Waals surface area contributed by atoms with Crippen LogP contribution in [0.2, 0.25) is 0 Å². The van der Waals surface area contributed by atoms with Gasteiger partial charge in [0.1, 0.15) is 11.6 Å². The lowest BCUT2D eigenvalue weighted by Crippen LogP contribution is -2.11. The fraction of sp³-hybridized carbons (Fsp3) is 0. The minimum atomic E-state index is -0.835. The number of nitrogens with one attached hydrogen (secondary N) is 1. The Morgan fingerprint density at radius 2 is 1.71 bits per heavy atom. The predicted octanol–water partition coefficient (Wildman–Crippen LogP) is 2.10. The van der Waals surface area contributed by atoms with Crippen molar-refractivity contribution in [3.63, 3.8) is 0 Å². The maximum atomic E-state index is 12.1. The summed E-state index contributed by atoms with van der Waals surface area (Å²) in [6.07, 6.45) is 0. The Labute approximate surface area is 136 Å². The van der Waals surface area contributed by atoms with Crippen LogP contribution in [0.5, 0.6) is 11.6 Å². The van der Waals surface area contributed by atoms with Crippen molar-refractivity contribution in [2.75, 3.05) is 0 Å². The maximum Gasteiger partial charge on any atom is 0.343 e. The van der Waals surface area contributed by atoms with E-state index in [-0.39, 0.29) is 11.5 Å². The van der Waals surface area contributed by atoms with Gasteiger partial charge >= 0.3 is 5.97 Å². The van der Waals surface area contributed by atoms with Crippen LogP contribution in [0, 0.1) is 0 Å². The molecule has 3 aromatic rings. The van der Waals surface area contributed by atoms with E-state index in [9.17, 15) is 14.7 Å². The van der Waals surface area contributed by atoms with Crippen molar-refractivity contribution in [2.24, 2.45) is 5.73 Å². The molecule has 0 fully saturated rings. The summed E-state index contributed by atoms with van der Waals surface area (Å²) in [7, 11) is 0. The fourth-order valence-electron chi connectivity index (χ4n) is 2.09. The zero-order valence-electron chi connectivity index (χ0n) is 12.4. The number of hydrogen-bond acceptors (Lipinski definition) is 5. The highest BCUT2D eigenvalue weighted by Crippen LogP contribution is 2.22. The second kappa shape index (κ2) is 6.25. The molecule has 0 spiro atoms. The van der Waals surface area contributed by atoms with Crippen LogP contribution >= 0.6 is 0 Å². The number of para-hydroxylation sites is 1. The SMILES string of the molecule is NC(=O)c1nc(-c2ccc(C(=O)Oc3ccccc3)cc2)[nH]c1O. The van der Waals surface area contributed by atoms with E-state index >= 15 is 0 Å². The van der Waals surface area contributed by atoms with Gasteiger partial charge in [-0.25, -0.2) is 9.78 Å². The first-order valence-corrected chi connectivity index (χ1v) is 7.01. The van der Waals surface area contributed by atoms with Gasteiger partial charge in [0, 0.05) is 5.56 Å². The second-order valence-electron chi connectivity index (χ2n) is 4.93. The maximum absolute atomic E-state index is 12.1. The Kier molecular flexibility index (Phi) is 3.98. The number of carbonyl (C=O) groups excluding carboxylic acids is 2. The number of primary amides is 1. The van der Waals surface area contributed by atoms with Gasteiger partial charge in [-0.2, -0.15) is 0 Å². The van der Waals surface area contributed by atoms with Gasteiger partial charge < -0.3 is 20.6 Å². The zero-order valence-corrected chi connectivity index (χ0v) is 12.4. The number of benzene rings is 2. The van der Waals surface area contributed by atoms with Gasteiger partial charge in [-0.1, -0.05) is 30.3 Å². The number of aromatic hydroxyl groups is 1. The van der Waals surface area contributed by atoms with Crippen molar-refractivity contribution >= 4 is 11.9 Å². The molecular weight excluding hydrogens is 310 g/mol. The molecule has 1 aromatic heterocycles. The first-order chi connectivity index (χ1) is 11.5. The topological polar surface area (TPSA) is 118 Å². The van der Waals surface area contributed by atoms with E-state index in [0.29, 0.717) is 16.9 Å². The number of aromatic nitrogens is 2. The van der Waals surface area contributed by atoms with Gasteiger partial charge in [0.25, 0.3) is 5.91 Å². The van der Waals surface area contributed by atoms with Crippen molar-refractivity contribution in [3.05, 3.63) is 65.9 Å². The van der Waals surface area contributed by atoms with E-state index in [1.165, 1.54) is 0 Å². The van der Waals surface area contributed by atoms with Crippen LogP contribution in [0.15, 0.2) is 54.6 Å². The van der Waals surface area contributed by atoms with Crippen LogP contribution < -0.4 is 10.5 Å². The van der Waals surface area contributed by atoms with Crippen molar-refractivity contribution in [2.45, 2.75) is 0 Å². The molecule has 1 amide bonds. The number of aromatic amines is 1. The lowest BCUT2D eigenvalue weighted by molar-refractivity contribution is 0.0734. The molecule has 7 nitrogen and oxygen atoms in total. The molecule has 0 aliphatic heterocycles. The monoisotopic (exact) mass is 323 g/mol. The minimum Gasteiger partial charge on any atom is -0.493 e. The number of nitrogens with two attached hydrogens (primary N) is 1. The molecule has 0 atom stereocenters. The van der Waals surface area contributed by atoms with Crippen LogP contribution in [0.4, 0.5) is 0 Å². The van der Waals surface area contributed by atoms with Gasteiger partial charge in [0.15, 0.2) is 5.69 Å². The van der Waals surface area contributed by atoms with E-state index < -0.39 is 17.8 Å². The summed E-state index contributed by atoms with van der Waals surface area (Å²) >= 11 is 0. The Balaban J connectivity index is 1.79. The van der Waals surface area contributed by atoms with Crippen molar-refractivity contribution in [3.8, 4) is 23.0 Å². The summed E-state index contributed by atoms with van der Waals surface area (Å²) in [5, 5.41) is 9.58. The predicted molar refractivity (Wildman–Crippen MR) is 85.6 cm³/mol. The lowest BCUT2D eigenvalue weighted by Gasteiger charge is -2.04. The number of H-pyrrole nitrogens is 1. The number of hydrogen-bond donors (Lipinski definition) is 3. The summed E-state index contributed by atoms with van der Waals surface area (Å²) in [5.41, 5.74) is 5.80. The van der Waals surface area contributed by atoms with Crippen LogP contribution in [0.3, 0.4) is 0 Å². The first-order valence-electron chi connectivity index (χ1n) is 7.01. The van der Waals surface area contributed by atoms with Crippen molar-refractivity contribution < 1.29 is 19.4 Å². The fourth-order valence-corrected chi connectivity index (χ4v) is 2.09. The standard InChI is InChI=1S/C17H13N3O4/c18-14(21)13-16(22)20-15(19-13)10-6-8-11(9-7-10)17(23)24-12-4-2-1-3-5-12/h1-9,22H,(H2,18,21)(H,19,20). The lowest BCUT2D eigenvalue weighted by atomic mass is 10.1. The molecule has 0 saturated heterocycles. The molecule has 0 bridgehead atoms. The average Bonchev–Trinajstić information content (AvgIpc) is 2.98. The molecule has 1 heterocycles. The van der Waals surface area contributed by atoms with E-state index in [2.05, 4.69) is 9.97 Å². The normalized spacial score (nSPS) is 10.3. The van der Waals surface area contributed by atoms with Gasteiger partial charge in [0.2, 0.25) is 5.88 Å². The number of ether oxygens (including phenoxy) is 1. The third-order valence-corrected chi connectivity index (χ3v) is 3.27. The highest BCUT2D eigenvalue weighted by atomic mass is 16.5. The summed E-state index contributed by atoms with van der Waals surface area (Å²) < 4.78 is 5.24. The average molecular weight is 323 g/mol. The third kappa shape index (κ3) is 3.09. The van der Waals surface area contributed by atoms with Gasteiger partial charge in [0.05, 0.1) is 5.56 Å². The van der Waals surface area contributed by atoms with Gasteiger partial charge in [-0.15, -0.1) is 0 Å². The smallest absolute Gasteiger partial charge is 0.343 e. The molecule has 0 aliphatic carbocycles. The molecule has 0 unspecified atom stereocenters. The Morgan fingerprint density at radius 1 is 1.04 bits per heavy atom. The summed E-state index contributed by atoms with van der Waals surface area (Å²) in [6, 6.07) is 15.1. The molecule has 120 valence electrons. The minimum absolute atomic E-state index is 0.238.